The van der Waals surface area contributed by atoms with E-state index in [9.17, 15) is 27.6 Å². The van der Waals surface area contributed by atoms with Crippen molar-refractivity contribution in [3.8, 4) is 0 Å². The SMILES string of the molecule is CCOC(=O)c1c2n(c3c(F)c(N4CC[C@H](NC(=O)C(F)(F)F)C4)c(F)cc3c1=O)C(C)S2. The van der Waals surface area contributed by atoms with Crippen LogP contribution < -0.4 is 15.6 Å². The van der Waals surface area contributed by atoms with Crippen molar-refractivity contribution in [2.75, 3.05) is 24.6 Å². The zero-order chi connectivity index (χ0) is 24.2. The van der Waals surface area contributed by atoms with Gasteiger partial charge < -0.3 is 19.5 Å². The quantitative estimate of drug-likeness (QED) is 0.522. The first-order chi connectivity index (χ1) is 15.5. The average molecular weight is 491 g/mol. The highest BCUT2D eigenvalue weighted by Gasteiger charge is 2.41. The Hall–Kier alpha value is -2.83. The highest BCUT2D eigenvalue weighted by molar-refractivity contribution is 8.00. The van der Waals surface area contributed by atoms with Crippen LogP contribution in [0.15, 0.2) is 15.9 Å². The van der Waals surface area contributed by atoms with Gasteiger partial charge in [-0.1, -0.05) is 11.8 Å². The zero-order valence-electron chi connectivity index (χ0n) is 17.4. The third kappa shape index (κ3) is 3.81. The molecule has 1 amide bonds. The monoisotopic (exact) mass is 491 g/mol. The number of pyridine rings is 1. The number of carbonyl (C=O) groups is 2. The molecule has 0 aliphatic carbocycles. The maximum atomic E-state index is 15.6. The van der Waals surface area contributed by atoms with Gasteiger partial charge in [0.15, 0.2) is 5.82 Å². The molecule has 3 heterocycles. The molecule has 0 radical (unpaired) electrons. The van der Waals surface area contributed by atoms with E-state index in [4.69, 9.17) is 4.74 Å². The van der Waals surface area contributed by atoms with Gasteiger partial charge in [-0.05, 0) is 26.3 Å². The van der Waals surface area contributed by atoms with Crippen molar-refractivity contribution in [2.24, 2.45) is 0 Å². The molecule has 1 fully saturated rings. The van der Waals surface area contributed by atoms with Gasteiger partial charge >= 0.3 is 18.1 Å². The normalized spacial score (nSPS) is 19.9. The summed E-state index contributed by atoms with van der Waals surface area (Å²) < 4.78 is 74.5. The molecule has 4 rings (SSSR count). The first-order valence-corrected chi connectivity index (χ1v) is 10.9. The van der Waals surface area contributed by atoms with Crippen LogP contribution >= 0.6 is 11.8 Å². The Labute approximate surface area is 187 Å². The second kappa shape index (κ2) is 8.19. The van der Waals surface area contributed by atoms with Gasteiger partial charge in [0.25, 0.3) is 0 Å². The summed E-state index contributed by atoms with van der Waals surface area (Å²) in [6.07, 6.45) is -5.02. The van der Waals surface area contributed by atoms with Crippen LogP contribution in [0, 0.1) is 11.6 Å². The Balaban J connectivity index is 1.77. The molecule has 0 saturated carbocycles. The number of amides is 1. The van der Waals surface area contributed by atoms with Gasteiger partial charge in [-0.25, -0.2) is 13.6 Å². The molecular formula is C20H18F5N3O4S. The molecule has 13 heteroatoms. The maximum Gasteiger partial charge on any atom is 0.471 e. The molecule has 1 unspecified atom stereocenters. The maximum absolute atomic E-state index is 15.6. The number of halogens is 5. The predicted octanol–water partition coefficient (Wildman–Crippen LogP) is 3.34. The van der Waals surface area contributed by atoms with Crippen molar-refractivity contribution in [1.82, 2.24) is 9.88 Å². The van der Waals surface area contributed by atoms with E-state index < -0.39 is 46.8 Å². The fourth-order valence-electron chi connectivity index (χ4n) is 4.11. The molecule has 2 aliphatic rings. The van der Waals surface area contributed by atoms with Crippen LogP contribution in [0.3, 0.4) is 0 Å². The van der Waals surface area contributed by atoms with E-state index in [1.165, 1.54) is 9.47 Å². The Morgan fingerprint density at radius 3 is 2.61 bits per heavy atom. The first-order valence-electron chi connectivity index (χ1n) is 10.0. The Morgan fingerprint density at radius 1 is 1.30 bits per heavy atom. The van der Waals surface area contributed by atoms with Gasteiger partial charge in [-0.2, -0.15) is 13.2 Å². The smallest absolute Gasteiger partial charge is 0.462 e. The van der Waals surface area contributed by atoms with Gasteiger partial charge in [-0.15, -0.1) is 0 Å². The fourth-order valence-corrected chi connectivity index (χ4v) is 5.25. The van der Waals surface area contributed by atoms with Crippen LogP contribution in [0.25, 0.3) is 10.9 Å². The molecule has 1 N–H and O–H groups in total. The number of ether oxygens (including phenoxy) is 1. The number of nitrogens with one attached hydrogen (secondary N) is 1. The second-order valence-electron chi connectivity index (χ2n) is 7.64. The summed E-state index contributed by atoms with van der Waals surface area (Å²) in [5.74, 6) is -5.18. The summed E-state index contributed by atoms with van der Waals surface area (Å²) in [5.41, 5.74) is -1.87. The Bertz CT molecular complexity index is 1230. The number of carbonyl (C=O) groups excluding carboxylic acids is 2. The van der Waals surface area contributed by atoms with Crippen molar-refractivity contribution < 1.29 is 36.3 Å². The van der Waals surface area contributed by atoms with Crippen LogP contribution in [0.2, 0.25) is 0 Å². The van der Waals surface area contributed by atoms with Crippen molar-refractivity contribution in [1.29, 1.82) is 0 Å². The molecule has 1 saturated heterocycles. The second-order valence-corrected chi connectivity index (χ2v) is 8.94. The molecule has 178 valence electrons. The minimum absolute atomic E-state index is 0.00947. The van der Waals surface area contributed by atoms with Crippen molar-refractivity contribution in [2.45, 2.75) is 42.9 Å². The molecule has 7 nitrogen and oxygen atoms in total. The van der Waals surface area contributed by atoms with E-state index in [1.54, 1.807) is 13.8 Å². The minimum Gasteiger partial charge on any atom is -0.462 e. The van der Waals surface area contributed by atoms with Crippen LogP contribution in [-0.2, 0) is 9.53 Å². The third-order valence-electron chi connectivity index (χ3n) is 5.54. The summed E-state index contributed by atoms with van der Waals surface area (Å²) >= 11 is 1.16. The number of rotatable bonds is 4. The highest BCUT2D eigenvalue weighted by Crippen LogP contribution is 2.47. The zero-order valence-corrected chi connectivity index (χ0v) is 18.2. The molecule has 0 spiro atoms. The summed E-state index contributed by atoms with van der Waals surface area (Å²) in [7, 11) is 0. The topological polar surface area (TPSA) is 80.6 Å². The van der Waals surface area contributed by atoms with E-state index in [1.807, 2.05) is 5.32 Å². The van der Waals surface area contributed by atoms with Crippen LogP contribution in [0.4, 0.5) is 27.6 Å². The van der Waals surface area contributed by atoms with Crippen molar-refractivity contribution in [3.05, 3.63) is 33.5 Å². The van der Waals surface area contributed by atoms with Crippen LogP contribution in [0.1, 0.15) is 36.0 Å². The van der Waals surface area contributed by atoms with Crippen LogP contribution in [0.5, 0.6) is 0 Å². The van der Waals surface area contributed by atoms with E-state index in [0.717, 1.165) is 17.8 Å². The number of anilines is 1. The number of aromatic nitrogens is 1. The van der Waals surface area contributed by atoms with Crippen LogP contribution in [-0.4, -0.2) is 48.4 Å². The third-order valence-corrected chi connectivity index (χ3v) is 6.71. The summed E-state index contributed by atoms with van der Waals surface area (Å²) in [6, 6.07) is -0.136. The predicted molar refractivity (Wildman–Crippen MR) is 109 cm³/mol. The first kappa shape index (κ1) is 23.3. The van der Waals surface area contributed by atoms with Gasteiger partial charge in [0.1, 0.15) is 17.1 Å². The Kier molecular flexibility index (Phi) is 5.79. The van der Waals surface area contributed by atoms with E-state index in [2.05, 4.69) is 0 Å². The summed E-state index contributed by atoms with van der Waals surface area (Å²) in [5, 5.41) is 1.32. The largest absolute Gasteiger partial charge is 0.471 e. The van der Waals surface area contributed by atoms with E-state index in [0.29, 0.717) is 0 Å². The van der Waals surface area contributed by atoms with E-state index in [-0.39, 0.29) is 53.0 Å². The lowest BCUT2D eigenvalue weighted by atomic mass is 10.1. The Morgan fingerprint density at radius 2 is 2.00 bits per heavy atom. The number of hydrogen-bond donors (Lipinski definition) is 1. The lowest BCUT2D eigenvalue weighted by Crippen LogP contribution is -2.44. The number of benzene rings is 1. The van der Waals surface area contributed by atoms with Crippen molar-refractivity contribution >= 4 is 40.2 Å². The van der Waals surface area contributed by atoms with Gasteiger partial charge in [-0.3, -0.25) is 9.59 Å². The molecule has 1 aromatic heterocycles. The number of alkyl halides is 3. The van der Waals surface area contributed by atoms with Gasteiger partial charge in [0.05, 0.1) is 27.9 Å². The fraction of sp³-hybridized carbons (Fsp3) is 0.450. The number of nitrogens with zero attached hydrogens (tertiary/aromatic N) is 2. The lowest BCUT2D eigenvalue weighted by Gasteiger charge is -2.33. The standard InChI is InChI=1S/C20H18F5N3O4S/c1-3-32-18(30)12-16(29)10-6-11(21)15(13(22)14(10)28-8(2)33-17(12)28)27-5-4-9(7-27)26-19(31)20(23,24)25/h6,8-9H,3-5,7H2,1-2H3,(H,26,31)/t8?,9-/m0/s1. The highest BCUT2D eigenvalue weighted by atomic mass is 32.2. The van der Waals surface area contributed by atoms with Gasteiger partial charge in [0.2, 0.25) is 5.43 Å². The number of thioether (sulfide) groups is 1. The molecule has 2 aliphatic heterocycles. The summed E-state index contributed by atoms with van der Waals surface area (Å²) in [4.78, 5) is 37.6. The summed E-state index contributed by atoms with van der Waals surface area (Å²) in [6.45, 7) is 3.02. The lowest BCUT2D eigenvalue weighted by molar-refractivity contribution is -0.174. The molecular weight excluding hydrogens is 473 g/mol. The number of esters is 1. The molecule has 33 heavy (non-hydrogen) atoms. The molecule has 2 atom stereocenters. The van der Waals surface area contributed by atoms with Crippen molar-refractivity contribution in [3.63, 3.8) is 0 Å². The molecule has 2 aromatic rings. The van der Waals surface area contributed by atoms with Gasteiger partial charge in [0, 0.05) is 19.1 Å². The average Bonchev–Trinajstić information content (AvgIpc) is 3.16. The number of fused-ring (bicyclic) bond motifs is 3. The molecule has 0 bridgehead atoms. The molecule has 1 aromatic carbocycles. The minimum atomic E-state index is -5.07. The number of hydrogen-bond acceptors (Lipinski definition) is 6. The van der Waals surface area contributed by atoms with E-state index >= 15 is 8.78 Å².